The average Bonchev–Trinajstić information content (AvgIpc) is 2.85. The maximum absolute atomic E-state index is 14.4. The molecule has 2 aromatic carbocycles. The molecular weight excluding hydrogens is 460 g/mol. The maximum atomic E-state index is 14.4. The highest BCUT2D eigenvalue weighted by Crippen LogP contribution is 2.31. The van der Waals surface area contributed by atoms with Crippen LogP contribution < -0.4 is 4.90 Å². The summed E-state index contributed by atoms with van der Waals surface area (Å²) in [7, 11) is 1.41. The summed E-state index contributed by atoms with van der Waals surface area (Å²) < 4.78 is 33.5. The molecule has 8 heteroatoms. The van der Waals surface area contributed by atoms with Crippen LogP contribution in [0.4, 0.5) is 14.5 Å². The molecule has 34 heavy (non-hydrogen) atoms. The number of hydrogen-bond acceptors (Lipinski definition) is 5. The minimum Gasteiger partial charge on any atom is -0.469 e. The molecule has 184 valence electrons. The van der Waals surface area contributed by atoms with Crippen LogP contribution in [0, 0.1) is 17.6 Å². The summed E-state index contributed by atoms with van der Waals surface area (Å²) in [6, 6.07) is 12.0. The van der Waals surface area contributed by atoms with Crippen molar-refractivity contribution >= 4 is 23.3 Å². The quantitative estimate of drug-likeness (QED) is 0.530. The Labute approximate surface area is 205 Å². The second-order valence-corrected chi connectivity index (χ2v) is 9.55. The number of piperidine rings is 1. The van der Waals surface area contributed by atoms with E-state index in [1.54, 1.807) is 18.2 Å². The van der Waals surface area contributed by atoms with Gasteiger partial charge in [0.15, 0.2) is 0 Å². The van der Waals surface area contributed by atoms with Gasteiger partial charge in [0.1, 0.15) is 11.6 Å². The number of esters is 1. The van der Waals surface area contributed by atoms with Crippen LogP contribution in [0.5, 0.6) is 0 Å². The van der Waals surface area contributed by atoms with E-state index in [0.717, 1.165) is 45.7 Å². The number of anilines is 1. The van der Waals surface area contributed by atoms with E-state index in [0.29, 0.717) is 41.7 Å². The molecular formula is C26H32ClF2N3O2. The zero-order chi connectivity index (χ0) is 24.1. The summed E-state index contributed by atoms with van der Waals surface area (Å²) in [5.74, 6) is -0.437. The van der Waals surface area contributed by atoms with Crippen molar-refractivity contribution < 1.29 is 18.3 Å². The van der Waals surface area contributed by atoms with Gasteiger partial charge in [-0.1, -0.05) is 29.8 Å². The summed E-state index contributed by atoms with van der Waals surface area (Å²) in [6.45, 7) is 5.25. The number of likely N-dealkylation sites (tertiary alicyclic amines) is 1. The van der Waals surface area contributed by atoms with Gasteiger partial charge in [0, 0.05) is 62.3 Å². The van der Waals surface area contributed by atoms with E-state index in [9.17, 15) is 13.6 Å². The Kier molecular flexibility index (Phi) is 8.40. The number of methoxy groups -OCH3 is 1. The van der Waals surface area contributed by atoms with E-state index in [4.69, 9.17) is 16.3 Å². The highest BCUT2D eigenvalue weighted by Gasteiger charge is 2.35. The molecule has 2 aliphatic heterocycles. The predicted molar refractivity (Wildman–Crippen MR) is 130 cm³/mol. The number of para-hydroxylation sites is 1. The molecule has 2 saturated heterocycles. The van der Waals surface area contributed by atoms with Gasteiger partial charge in [-0.15, -0.1) is 0 Å². The molecule has 5 nitrogen and oxygen atoms in total. The monoisotopic (exact) mass is 491 g/mol. The number of carbonyl (C=O) groups excluding carboxylic acids is 1. The summed E-state index contributed by atoms with van der Waals surface area (Å²) in [6.07, 6.45) is 2.01. The van der Waals surface area contributed by atoms with Crippen molar-refractivity contribution in [3.8, 4) is 0 Å². The molecule has 0 radical (unpaired) electrons. The second-order valence-electron chi connectivity index (χ2n) is 9.14. The lowest BCUT2D eigenvalue weighted by Gasteiger charge is -2.47. The number of ether oxygens (including phenoxy) is 1. The number of benzene rings is 2. The van der Waals surface area contributed by atoms with Gasteiger partial charge in [-0.3, -0.25) is 14.6 Å². The third-order valence-electron chi connectivity index (χ3n) is 7.14. The van der Waals surface area contributed by atoms with Crippen LogP contribution in [-0.4, -0.2) is 68.2 Å². The van der Waals surface area contributed by atoms with E-state index in [1.165, 1.54) is 19.2 Å². The average molecular weight is 492 g/mol. The number of hydrogen-bond donors (Lipinski definition) is 0. The van der Waals surface area contributed by atoms with E-state index >= 15 is 0 Å². The van der Waals surface area contributed by atoms with Gasteiger partial charge in [-0.25, -0.2) is 8.78 Å². The first-order valence-corrected chi connectivity index (χ1v) is 12.3. The standard InChI is InChI=1S/C26H32ClF2N3O2/c1-34-26(33)10-9-19-17-30(18-20-21(27)5-4-7-22(20)28)12-11-24(19)31-13-15-32(16-14-31)25-8-3-2-6-23(25)29/h2-8,19,24H,9-18H2,1H3/t19-,24+/m0/s1. The first kappa shape index (κ1) is 24.9. The van der Waals surface area contributed by atoms with Crippen LogP contribution in [0.1, 0.15) is 24.8 Å². The Bertz CT molecular complexity index is 964. The minimum absolute atomic E-state index is 0.188. The topological polar surface area (TPSA) is 36.0 Å². The summed E-state index contributed by atoms with van der Waals surface area (Å²) in [5, 5.41) is 0.442. The summed E-state index contributed by atoms with van der Waals surface area (Å²) in [5.41, 5.74) is 1.17. The van der Waals surface area contributed by atoms with E-state index in [2.05, 4.69) is 14.7 Å². The molecule has 0 spiro atoms. The van der Waals surface area contributed by atoms with Crippen molar-refractivity contribution in [1.29, 1.82) is 0 Å². The molecule has 0 bridgehead atoms. The third kappa shape index (κ3) is 5.88. The molecule has 2 atom stereocenters. The van der Waals surface area contributed by atoms with Gasteiger partial charge >= 0.3 is 5.97 Å². The van der Waals surface area contributed by atoms with Gasteiger partial charge in [-0.2, -0.15) is 0 Å². The van der Waals surface area contributed by atoms with Crippen LogP contribution in [0.25, 0.3) is 0 Å². The largest absolute Gasteiger partial charge is 0.469 e. The van der Waals surface area contributed by atoms with E-state index < -0.39 is 0 Å². The second kappa shape index (κ2) is 11.5. The molecule has 2 heterocycles. The fourth-order valence-electron chi connectivity index (χ4n) is 5.32. The Morgan fingerprint density at radius 3 is 2.47 bits per heavy atom. The third-order valence-corrected chi connectivity index (χ3v) is 7.50. The Morgan fingerprint density at radius 1 is 1.03 bits per heavy atom. The fraction of sp³-hybridized carbons (Fsp3) is 0.500. The Morgan fingerprint density at radius 2 is 1.76 bits per heavy atom. The van der Waals surface area contributed by atoms with Gasteiger partial charge in [0.05, 0.1) is 12.8 Å². The van der Waals surface area contributed by atoms with Crippen molar-refractivity contribution in [3.63, 3.8) is 0 Å². The van der Waals surface area contributed by atoms with E-state index in [1.807, 2.05) is 12.1 Å². The lowest BCUT2D eigenvalue weighted by Crippen LogP contribution is -2.56. The highest BCUT2D eigenvalue weighted by atomic mass is 35.5. The molecule has 2 fully saturated rings. The van der Waals surface area contributed by atoms with Crippen LogP contribution in [0.2, 0.25) is 5.02 Å². The van der Waals surface area contributed by atoms with Crippen molar-refractivity contribution in [3.05, 3.63) is 64.7 Å². The van der Waals surface area contributed by atoms with Crippen molar-refractivity contribution in [2.45, 2.75) is 31.8 Å². The molecule has 2 aromatic rings. The molecule has 0 unspecified atom stereocenters. The van der Waals surface area contributed by atoms with Gasteiger partial charge in [0.25, 0.3) is 0 Å². The lowest BCUT2D eigenvalue weighted by molar-refractivity contribution is -0.141. The number of halogens is 3. The normalized spacial score (nSPS) is 22.1. The number of rotatable bonds is 7. The number of nitrogens with zero attached hydrogens (tertiary/aromatic N) is 3. The van der Waals surface area contributed by atoms with Crippen LogP contribution in [-0.2, 0) is 16.1 Å². The zero-order valence-electron chi connectivity index (χ0n) is 19.6. The van der Waals surface area contributed by atoms with Crippen molar-refractivity contribution in [2.75, 3.05) is 51.3 Å². The molecule has 0 aromatic heterocycles. The van der Waals surface area contributed by atoms with Gasteiger partial charge < -0.3 is 9.64 Å². The smallest absolute Gasteiger partial charge is 0.305 e. The molecule has 0 amide bonds. The number of carbonyl (C=O) groups is 1. The molecule has 0 N–H and O–H groups in total. The fourth-order valence-corrected chi connectivity index (χ4v) is 5.54. The van der Waals surface area contributed by atoms with E-state index in [-0.39, 0.29) is 23.5 Å². The molecule has 4 rings (SSSR count). The maximum Gasteiger partial charge on any atom is 0.305 e. The van der Waals surface area contributed by atoms with Crippen molar-refractivity contribution in [1.82, 2.24) is 9.80 Å². The minimum atomic E-state index is -0.287. The molecule has 0 saturated carbocycles. The summed E-state index contributed by atoms with van der Waals surface area (Å²) in [4.78, 5) is 18.7. The Hall–Kier alpha value is -2.22. The van der Waals surface area contributed by atoms with Crippen LogP contribution in [0.15, 0.2) is 42.5 Å². The van der Waals surface area contributed by atoms with Crippen LogP contribution >= 0.6 is 11.6 Å². The van der Waals surface area contributed by atoms with Crippen LogP contribution in [0.3, 0.4) is 0 Å². The zero-order valence-corrected chi connectivity index (χ0v) is 20.3. The van der Waals surface area contributed by atoms with Crippen molar-refractivity contribution in [2.24, 2.45) is 5.92 Å². The first-order chi connectivity index (χ1) is 16.5. The molecule has 0 aliphatic carbocycles. The predicted octanol–water partition coefficient (Wildman–Crippen LogP) is 4.58. The molecule has 2 aliphatic rings. The first-order valence-electron chi connectivity index (χ1n) is 11.9. The number of piperazine rings is 1. The SMILES string of the molecule is COC(=O)CC[C@H]1CN(Cc2c(F)cccc2Cl)CC[C@H]1N1CCN(c2ccccc2F)CC1. The lowest BCUT2D eigenvalue weighted by atomic mass is 9.86. The van der Waals surface area contributed by atoms with Gasteiger partial charge in [0.2, 0.25) is 0 Å². The summed E-state index contributed by atoms with van der Waals surface area (Å²) >= 11 is 6.26. The Balaban J connectivity index is 1.42. The van der Waals surface area contributed by atoms with Gasteiger partial charge in [-0.05, 0) is 49.6 Å². The highest BCUT2D eigenvalue weighted by molar-refractivity contribution is 6.31.